The van der Waals surface area contributed by atoms with Gasteiger partial charge in [0, 0.05) is 6.54 Å². The van der Waals surface area contributed by atoms with Crippen molar-refractivity contribution in [2.24, 2.45) is 5.92 Å². The molecule has 0 saturated heterocycles. The number of aromatic nitrogens is 4. The second-order valence-electron chi connectivity index (χ2n) is 6.88. The molecule has 7 nitrogen and oxygen atoms in total. The van der Waals surface area contributed by atoms with E-state index in [1.165, 1.54) is 19.3 Å². The SMILES string of the molecule is CCC(C)(C(=O)O)N(Cc1nnnn1C1CCC1)CC1CC1. The predicted octanol–water partition coefficient (Wildman–Crippen LogP) is 1.86. The van der Waals surface area contributed by atoms with E-state index in [4.69, 9.17) is 0 Å². The molecule has 2 fully saturated rings. The first-order chi connectivity index (χ1) is 10.5. The number of hydrogen-bond acceptors (Lipinski definition) is 5. The normalized spacial score (nSPS) is 21.6. The predicted molar refractivity (Wildman–Crippen MR) is 80.2 cm³/mol. The van der Waals surface area contributed by atoms with Crippen LogP contribution in [0.5, 0.6) is 0 Å². The molecule has 0 spiro atoms. The molecule has 1 heterocycles. The fourth-order valence-electron chi connectivity index (χ4n) is 2.96. The number of hydrogen-bond donors (Lipinski definition) is 1. The average Bonchev–Trinajstić information content (AvgIpc) is 3.15. The highest BCUT2D eigenvalue weighted by molar-refractivity contribution is 5.78. The molecule has 7 heteroatoms. The molecule has 1 unspecified atom stereocenters. The molecule has 0 bridgehead atoms. The van der Waals surface area contributed by atoms with E-state index in [9.17, 15) is 9.90 Å². The Morgan fingerprint density at radius 1 is 1.41 bits per heavy atom. The minimum absolute atomic E-state index is 0.394. The van der Waals surface area contributed by atoms with Crippen molar-refractivity contribution in [2.75, 3.05) is 6.54 Å². The lowest BCUT2D eigenvalue weighted by molar-refractivity contribution is -0.151. The van der Waals surface area contributed by atoms with Crippen LogP contribution in [0.25, 0.3) is 0 Å². The molecular weight excluding hydrogens is 282 g/mol. The summed E-state index contributed by atoms with van der Waals surface area (Å²) in [6, 6.07) is 0.394. The fraction of sp³-hybridized carbons (Fsp3) is 0.867. The molecule has 2 aliphatic rings. The smallest absolute Gasteiger partial charge is 0.323 e. The van der Waals surface area contributed by atoms with E-state index in [2.05, 4.69) is 20.4 Å². The zero-order valence-electron chi connectivity index (χ0n) is 13.4. The lowest BCUT2D eigenvalue weighted by Gasteiger charge is -2.37. The third kappa shape index (κ3) is 2.86. The van der Waals surface area contributed by atoms with E-state index in [1.807, 2.05) is 18.5 Å². The Hall–Kier alpha value is -1.50. The molecule has 2 aliphatic carbocycles. The summed E-state index contributed by atoms with van der Waals surface area (Å²) in [6.45, 7) is 5.07. The van der Waals surface area contributed by atoms with E-state index < -0.39 is 11.5 Å². The molecular formula is C15H25N5O2. The Morgan fingerprint density at radius 2 is 2.14 bits per heavy atom. The molecule has 2 saturated carbocycles. The van der Waals surface area contributed by atoms with Gasteiger partial charge in [-0.05, 0) is 61.8 Å². The fourth-order valence-corrected chi connectivity index (χ4v) is 2.96. The highest BCUT2D eigenvalue weighted by Gasteiger charge is 2.41. The van der Waals surface area contributed by atoms with Crippen LogP contribution in [0.1, 0.15) is 64.2 Å². The molecule has 1 aromatic heterocycles. The van der Waals surface area contributed by atoms with Crippen LogP contribution in [0.2, 0.25) is 0 Å². The monoisotopic (exact) mass is 307 g/mol. The summed E-state index contributed by atoms with van der Waals surface area (Å²) >= 11 is 0. The quantitative estimate of drug-likeness (QED) is 0.789. The highest BCUT2D eigenvalue weighted by Crippen LogP contribution is 2.35. The van der Waals surface area contributed by atoms with Gasteiger partial charge in [0.15, 0.2) is 5.82 Å². The maximum absolute atomic E-state index is 11.8. The number of nitrogens with zero attached hydrogens (tertiary/aromatic N) is 5. The number of carboxylic acid groups (broad SMARTS) is 1. The first-order valence-corrected chi connectivity index (χ1v) is 8.29. The van der Waals surface area contributed by atoms with Crippen molar-refractivity contribution in [3.05, 3.63) is 5.82 Å². The highest BCUT2D eigenvalue weighted by atomic mass is 16.4. The molecule has 1 aromatic rings. The average molecular weight is 307 g/mol. The minimum Gasteiger partial charge on any atom is -0.480 e. The van der Waals surface area contributed by atoms with E-state index in [1.54, 1.807) is 0 Å². The third-order valence-corrected chi connectivity index (χ3v) is 5.34. The Morgan fingerprint density at radius 3 is 2.64 bits per heavy atom. The van der Waals surface area contributed by atoms with Crippen molar-refractivity contribution >= 4 is 5.97 Å². The largest absolute Gasteiger partial charge is 0.480 e. The van der Waals surface area contributed by atoms with Crippen LogP contribution >= 0.6 is 0 Å². The summed E-state index contributed by atoms with van der Waals surface area (Å²) in [5.41, 5.74) is -0.862. The van der Waals surface area contributed by atoms with Gasteiger partial charge < -0.3 is 5.11 Å². The maximum atomic E-state index is 11.8. The number of tetrazole rings is 1. The second-order valence-corrected chi connectivity index (χ2v) is 6.88. The summed E-state index contributed by atoms with van der Waals surface area (Å²) in [4.78, 5) is 13.9. The van der Waals surface area contributed by atoms with Gasteiger partial charge in [-0.15, -0.1) is 5.10 Å². The lowest BCUT2D eigenvalue weighted by atomic mass is 9.93. The molecule has 1 atom stereocenters. The van der Waals surface area contributed by atoms with Crippen LogP contribution in [0.3, 0.4) is 0 Å². The van der Waals surface area contributed by atoms with Gasteiger partial charge >= 0.3 is 5.97 Å². The Bertz CT molecular complexity index is 538. The zero-order valence-corrected chi connectivity index (χ0v) is 13.4. The number of rotatable bonds is 8. The number of carboxylic acids is 1. The standard InChI is InChI=1S/C15H25N5O2/c1-3-15(2,14(21)22)19(9-11-7-8-11)10-13-16-17-18-20(13)12-5-4-6-12/h11-12H,3-10H2,1-2H3,(H,21,22). The molecule has 122 valence electrons. The minimum atomic E-state index is -0.862. The molecule has 22 heavy (non-hydrogen) atoms. The number of carbonyl (C=O) groups is 1. The molecule has 0 aliphatic heterocycles. The Kier molecular flexibility index (Phi) is 4.16. The first kappa shape index (κ1) is 15.4. The Labute approximate surface area is 130 Å². The van der Waals surface area contributed by atoms with Crippen LogP contribution in [0.4, 0.5) is 0 Å². The summed E-state index contributed by atoms with van der Waals surface area (Å²) in [5.74, 6) is 0.655. The number of aliphatic carboxylic acids is 1. The van der Waals surface area contributed by atoms with Crippen LogP contribution in [0, 0.1) is 5.92 Å². The van der Waals surface area contributed by atoms with Gasteiger partial charge in [0.25, 0.3) is 0 Å². The van der Waals surface area contributed by atoms with Gasteiger partial charge in [0.2, 0.25) is 0 Å². The summed E-state index contributed by atoms with van der Waals surface area (Å²) in [7, 11) is 0. The van der Waals surface area contributed by atoms with Crippen LogP contribution in [-0.4, -0.2) is 48.3 Å². The van der Waals surface area contributed by atoms with Gasteiger partial charge in [0.05, 0.1) is 12.6 Å². The van der Waals surface area contributed by atoms with E-state index >= 15 is 0 Å². The summed E-state index contributed by atoms with van der Waals surface area (Å²) in [5, 5.41) is 21.8. The van der Waals surface area contributed by atoms with Crippen LogP contribution in [0.15, 0.2) is 0 Å². The van der Waals surface area contributed by atoms with Crippen molar-refractivity contribution in [1.29, 1.82) is 0 Å². The molecule has 0 radical (unpaired) electrons. The maximum Gasteiger partial charge on any atom is 0.323 e. The van der Waals surface area contributed by atoms with Crippen LogP contribution < -0.4 is 0 Å². The van der Waals surface area contributed by atoms with E-state index in [-0.39, 0.29) is 0 Å². The van der Waals surface area contributed by atoms with Gasteiger partial charge in [-0.25, -0.2) is 4.68 Å². The molecule has 1 N–H and O–H groups in total. The van der Waals surface area contributed by atoms with Gasteiger partial charge in [0.1, 0.15) is 5.54 Å². The van der Waals surface area contributed by atoms with Crippen molar-refractivity contribution in [1.82, 2.24) is 25.1 Å². The zero-order chi connectivity index (χ0) is 15.7. The molecule has 0 aromatic carbocycles. The topological polar surface area (TPSA) is 84.1 Å². The van der Waals surface area contributed by atoms with Crippen molar-refractivity contribution in [3.63, 3.8) is 0 Å². The summed E-state index contributed by atoms with van der Waals surface area (Å²) < 4.78 is 1.90. The van der Waals surface area contributed by atoms with Crippen molar-refractivity contribution in [2.45, 2.75) is 70.5 Å². The van der Waals surface area contributed by atoms with Crippen LogP contribution in [-0.2, 0) is 11.3 Å². The van der Waals surface area contributed by atoms with Gasteiger partial charge in [-0.1, -0.05) is 6.92 Å². The molecule has 3 rings (SSSR count). The van der Waals surface area contributed by atoms with E-state index in [0.29, 0.717) is 24.9 Å². The van der Waals surface area contributed by atoms with E-state index in [0.717, 1.165) is 25.2 Å². The van der Waals surface area contributed by atoms with Gasteiger partial charge in [-0.2, -0.15) is 0 Å². The second kappa shape index (κ2) is 5.95. The Balaban J connectivity index is 1.80. The molecule has 0 amide bonds. The summed E-state index contributed by atoms with van der Waals surface area (Å²) in [6.07, 6.45) is 6.42. The van der Waals surface area contributed by atoms with Crippen molar-refractivity contribution in [3.8, 4) is 0 Å². The van der Waals surface area contributed by atoms with Crippen molar-refractivity contribution < 1.29 is 9.90 Å². The lowest BCUT2D eigenvalue weighted by Crippen LogP contribution is -2.52. The first-order valence-electron chi connectivity index (χ1n) is 8.29. The third-order valence-electron chi connectivity index (χ3n) is 5.34. The van der Waals surface area contributed by atoms with Gasteiger partial charge in [-0.3, -0.25) is 9.69 Å².